The Morgan fingerprint density at radius 1 is 0.974 bits per heavy atom. The van der Waals surface area contributed by atoms with Gasteiger partial charge in [0.15, 0.2) is 0 Å². The van der Waals surface area contributed by atoms with E-state index in [2.05, 4.69) is 0 Å². The van der Waals surface area contributed by atoms with Gasteiger partial charge in [-0.3, -0.25) is 9.59 Å². The average Bonchev–Trinajstić information content (AvgIpc) is 3.52. The molecule has 1 saturated carbocycles. The van der Waals surface area contributed by atoms with Gasteiger partial charge >= 0.3 is 6.09 Å². The van der Waals surface area contributed by atoms with Crippen LogP contribution in [0.3, 0.4) is 0 Å². The topological polar surface area (TPSA) is 70.2 Å². The summed E-state index contributed by atoms with van der Waals surface area (Å²) < 4.78 is 18.8. The molecule has 2 heterocycles. The highest BCUT2D eigenvalue weighted by atomic mass is 35.5. The smallest absolute Gasteiger partial charge is 0.410 e. The highest BCUT2D eigenvalue weighted by molar-refractivity contribution is 6.30. The zero-order chi connectivity index (χ0) is 27.0. The molecular formula is C29H33ClFN3O4. The highest BCUT2D eigenvalue weighted by Crippen LogP contribution is 2.47. The van der Waals surface area contributed by atoms with E-state index in [1.54, 1.807) is 7.05 Å². The molecule has 7 nitrogen and oxygen atoms in total. The predicted molar refractivity (Wildman–Crippen MR) is 141 cm³/mol. The molecule has 2 aliphatic heterocycles. The van der Waals surface area contributed by atoms with Gasteiger partial charge in [0.1, 0.15) is 11.6 Å². The van der Waals surface area contributed by atoms with Gasteiger partial charge in [0.05, 0.1) is 6.04 Å². The molecule has 0 spiro atoms. The molecule has 1 unspecified atom stereocenters. The number of rotatable bonds is 5. The fourth-order valence-corrected chi connectivity index (χ4v) is 5.70. The van der Waals surface area contributed by atoms with Crippen molar-refractivity contribution in [2.75, 3.05) is 33.2 Å². The van der Waals surface area contributed by atoms with Crippen LogP contribution in [0.1, 0.15) is 44.1 Å². The largest absolute Gasteiger partial charge is 0.415 e. The molecular weight excluding hydrogens is 509 g/mol. The third-order valence-electron chi connectivity index (χ3n) is 8.35. The minimum atomic E-state index is -0.574. The Labute approximate surface area is 227 Å². The maximum atomic E-state index is 13.6. The number of benzene rings is 2. The lowest BCUT2D eigenvalue weighted by molar-refractivity contribution is -0.142. The van der Waals surface area contributed by atoms with Gasteiger partial charge in [-0.15, -0.1) is 0 Å². The molecule has 5 rings (SSSR count). The van der Waals surface area contributed by atoms with Crippen molar-refractivity contribution in [1.82, 2.24) is 14.7 Å². The number of amides is 3. The molecule has 2 aromatic carbocycles. The molecule has 3 fully saturated rings. The van der Waals surface area contributed by atoms with Gasteiger partial charge in [0.25, 0.3) is 0 Å². The second kappa shape index (κ2) is 10.6. The SMILES string of the molecule is CN(C(=O)Oc1ccc(F)cc1)C1CN(C(=O)C2CCN(C(=O)C3(C)CC3)CC2)C[C@@H]1c1ccc(Cl)cc1. The van der Waals surface area contributed by atoms with Crippen molar-refractivity contribution in [2.24, 2.45) is 11.3 Å². The van der Waals surface area contributed by atoms with Gasteiger partial charge in [-0.25, -0.2) is 9.18 Å². The van der Waals surface area contributed by atoms with Crippen molar-refractivity contribution in [2.45, 2.75) is 44.6 Å². The van der Waals surface area contributed by atoms with Crippen LogP contribution in [0.5, 0.6) is 5.75 Å². The van der Waals surface area contributed by atoms with Crippen molar-refractivity contribution in [3.63, 3.8) is 0 Å². The summed E-state index contributed by atoms with van der Waals surface area (Å²) in [6, 6.07) is 12.4. The monoisotopic (exact) mass is 541 g/mol. The molecule has 38 heavy (non-hydrogen) atoms. The van der Waals surface area contributed by atoms with E-state index in [9.17, 15) is 18.8 Å². The van der Waals surface area contributed by atoms with Crippen LogP contribution in [-0.4, -0.2) is 71.9 Å². The van der Waals surface area contributed by atoms with Crippen LogP contribution in [0.15, 0.2) is 48.5 Å². The van der Waals surface area contributed by atoms with Crippen molar-refractivity contribution in [3.05, 3.63) is 64.9 Å². The summed E-state index contributed by atoms with van der Waals surface area (Å²) in [6.07, 6.45) is 2.62. The molecule has 2 saturated heterocycles. The molecule has 3 amide bonds. The summed E-state index contributed by atoms with van der Waals surface area (Å²) >= 11 is 6.11. The van der Waals surface area contributed by atoms with Crippen molar-refractivity contribution < 1.29 is 23.5 Å². The first kappa shape index (κ1) is 26.5. The number of ether oxygens (including phenoxy) is 1. The molecule has 0 aromatic heterocycles. The van der Waals surface area contributed by atoms with E-state index in [1.165, 1.54) is 29.2 Å². The van der Waals surface area contributed by atoms with E-state index in [-0.39, 0.29) is 40.9 Å². The van der Waals surface area contributed by atoms with Gasteiger partial charge in [0, 0.05) is 55.5 Å². The number of hydrogen-bond donors (Lipinski definition) is 0. The number of likely N-dealkylation sites (tertiary alicyclic amines) is 2. The second-order valence-corrected chi connectivity index (χ2v) is 11.5. The summed E-state index contributed by atoms with van der Waals surface area (Å²) in [4.78, 5) is 44.6. The van der Waals surface area contributed by atoms with Gasteiger partial charge < -0.3 is 19.4 Å². The molecule has 9 heteroatoms. The zero-order valence-corrected chi connectivity index (χ0v) is 22.5. The number of halogens is 2. The van der Waals surface area contributed by atoms with Gasteiger partial charge in [-0.05, 0) is 67.6 Å². The Kier molecular flexibility index (Phi) is 7.36. The summed E-state index contributed by atoms with van der Waals surface area (Å²) in [5, 5.41) is 0.613. The maximum Gasteiger partial charge on any atom is 0.415 e. The van der Waals surface area contributed by atoms with E-state index >= 15 is 0 Å². The highest BCUT2D eigenvalue weighted by Gasteiger charge is 2.48. The van der Waals surface area contributed by atoms with Crippen molar-refractivity contribution >= 4 is 29.5 Å². The molecule has 3 aliphatic rings. The molecule has 1 aliphatic carbocycles. The normalized spacial score (nSPS) is 22.7. The van der Waals surface area contributed by atoms with Crippen LogP contribution in [0, 0.1) is 17.2 Å². The van der Waals surface area contributed by atoms with E-state index in [0.29, 0.717) is 44.0 Å². The molecule has 0 N–H and O–H groups in total. The quantitative estimate of drug-likeness (QED) is 0.537. The second-order valence-electron chi connectivity index (χ2n) is 11.0. The predicted octanol–water partition coefficient (Wildman–Crippen LogP) is 4.94. The number of nitrogens with zero attached hydrogens (tertiary/aromatic N) is 3. The zero-order valence-electron chi connectivity index (χ0n) is 21.7. The fraction of sp³-hybridized carbons (Fsp3) is 0.483. The van der Waals surface area contributed by atoms with Crippen LogP contribution in [0.2, 0.25) is 5.02 Å². The summed E-state index contributed by atoms with van der Waals surface area (Å²) in [6.45, 7) is 4.07. The van der Waals surface area contributed by atoms with Crippen LogP contribution in [-0.2, 0) is 9.59 Å². The first-order valence-corrected chi connectivity index (χ1v) is 13.6. The van der Waals surface area contributed by atoms with Crippen LogP contribution < -0.4 is 4.74 Å². The minimum Gasteiger partial charge on any atom is -0.410 e. The molecule has 202 valence electrons. The number of carbonyl (C=O) groups excluding carboxylic acids is 3. The Balaban J connectivity index is 1.27. The first-order chi connectivity index (χ1) is 18.1. The molecule has 0 radical (unpaired) electrons. The van der Waals surface area contributed by atoms with Gasteiger partial charge in [0.2, 0.25) is 11.8 Å². The lowest BCUT2D eigenvalue weighted by atomic mass is 9.93. The van der Waals surface area contributed by atoms with Crippen molar-refractivity contribution in [3.8, 4) is 5.75 Å². The third kappa shape index (κ3) is 5.51. The fourth-order valence-electron chi connectivity index (χ4n) is 5.58. The lowest BCUT2D eigenvalue weighted by Crippen LogP contribution is -2.46. The van der Waals surface area contributed by atoms with Gasteiger partial charge in [-0.2, -0.15) is 0 Å². The first-order valence-electron chi connectivity index (χ1n) is 13.2. The molecule has 2 atom stereocenters. The third-order valence-corrected chi connectivity index (χ3v) is 8.60. The minimum absolute atomic E-state index is 0.0662. The number of likely N-dealkylation sites (N-methyl/N-ethyl adjacent to an activating group) is 1. The van der Waals surface area contributed by atoms with E-state index in [4.69, 9.17) is 16.3 Å². The van der Waals surface area contributed by atoms with Crippen molar-refractivity contribution in [1.29, 1.82) is 0 Å². The Morgan fingerprint density at radius 3 is 2.21 bits per heavy atom. The van der Waals surface area contributed by atoms with E-state index in [0.717, 1.165) is 18.4 Å². The molecule has 2 aromatic rings. The van der Waals surface area contributed by atoms with E-state index in [1.807, 2.05) is 41.0 Å². The Hall–Kier alpha value is -3.13. The number of hydrogen-bond acceptors (Lipinski definition) is 4. The summed E-state index contributed by atoms with van der Waals surface area (Å²) in [5.41, 5.74) is 0.784. The Morgan fingerprint density at radius 2 is 1.61 bits per heavy atom. The Bertz CT molecular complexity index is 1190. The van der Waals surface area contributed by atoms with E-state index < -0.39 is 11.9 Å². The number of carbonyl (C=O) groups is 3. The van der Waals surface area contributed by atoms with Gasteiger partial charge in [-0.1, -0.05) is 30.7 Å². The van der Waals surface area contributed by atoms with Crippen LogP contribution in [0.25, 0.3) is 0 Å². The summed E-state index contributed by atoms with van der Waals surface area (Å²) in [7, 11) is 1.66. The average molecular weight is 542 g/mol. The van der Waals surface area contributed by atoms with Crippen LogP contribution >= 0.6 is 11.6 Å². The maximum absolute atomic E-state index is 13.6. The number of piperidine rings is 1. The molecule has 0 bridgehead atoms. The standard InChI is InChI=1S/C29H33ClFN3O4/c1-29(13-14-29)27(36)33-15-11-20(12-16-33)26(35)34-17-24(19-3-5-21(30)6-4-19)25(18-34)32(2)28(37)38-23-9-7-22(31)8-10-23/h3-10,20,24-25H,11-18H2,1-2H3/t24-,25?/m1/s1. The lowest BCUT2D eigenvalue weighted by Gasteiger charge is -2.34. The van der Waals surface area contributed by atoms with Crippen LogP contribution in [0.4, 0.5) is 9.18 Å². The summed E-state index contributed by atoms with van der Waals surface area (Å²) in [5.74, 6) is -0.155.